The Balaban J connectivity index is 2.21. The van der Waals surface area contributed by atoms with Gasteiger partial charge in [0, 0.05) is 10.5 Å². The highest BCUT2D eigenvalue weighted by Gasteiger charge is 2.20. The zero-order valence-corrected chi connectivity index (χ0v) is 14.2. The molecule has 6 nitrogen and oxygen atoms in total. The Kier molecular flexibility index (Phi) is 4.66. The number of phenolic OH excluding ortho intramolecular Hbond substituents is 2. The van der Waals surface area contributed by atoms with E-state index in [2.05, 4.69) is 11.1 Å². The number of phenols is 2. The van der Waals surface area contributed by atoms with Gasteiger partial charge in [-0.3, -0.25) is 0 Å². The smallest absolute Gasteiger partial charge is 0.143 e. The molecule has 0 saturated carbocycles. The molecule has 126 valence electrons. The Morgan fingerprint density at radius 3 is 1.92 bits per heavy atom. The lowest BCUT2D eigenvalue weighted by atomic mass is 9.97. The zero-order chi connectivity index (χ0) is 18.7. The largest absolute Gasteiger partial charge is 0.508 e. The van der Waals surface area contributed by atoms with Gasteiger partial charge in [0.15, 0.2) is 0 Å². The van der Waals surface area contributed by atoms with Crippen molar-refractivity contribution in [3.8, 4) is 34.8 Å². The Labute approximate surface area is 153 Å². The van der Waals surface area contributed by atoms with Crippen molar-refractivity contribution in [3.05, 3.63) is 59.7 Å². The van der Waals surface area contributed by atoms with Crippen LogP contribution >= 0.6 is 11.8 Å². The Bertz CT molecular complexity index is 1050. The first-order chi connectivity index (χ1) is 12.5. The maximum absolute atomic E-state index is 9.71. The highest BCUT2D eigenvalue weighted by molar-refractivity contribution is 7.99. The number of nitrogens with two attached hydrogens (primary N) is 1. The minimum atomic E-state index is 0.0239. The monoisotopic (exact) mass is 360 g/mol. The van der Waals surface area contributed by atoms with E-state index in [-0.39, 0.29) is 28.4 Å². The number of nitrogen functional groups attached to an aromatic ring is 1. The lowest BCUT2D eigenvalue weighted by Gasteiger charge is -2.13. The van der Waals surface area contributed by atoms with Crippen LogP contribution in [0.4, 0.5) is 5.82 Å². The normalized spacial score (nSPS) is 10.1. The summed E-state index contributed by atoms with van der Waals surface area (Å²) in [6.07, 6.45) is 0. The molecule has 26 heavy (non-hydrogen) atoms. The molecule has 0 aliphatic heterocycles. The number of hydrogen-bond acceptors (Lipinski definition) is 7. The molecule has 0 saturated heterocycles. The number of nitrogens with zero attached hydrogens (tertiary/aromatic N) is 3. The van der Waals surface area contributed by atoms with Gasteiger partial charge in [0.25, 0.3) is 0 Å². The number of pyridine rings is 1. The second-order valence-electron chi connectivity index (χ2n) is 5.29. The molecule has 0 amide bonds. The summed E-state index contributed by atoms with van der Waals surface area (Å²) in [4.78, 5) is 4.98. The van der Waals surface area contributed by atoms with E-state index in [4.69, 9.17) is 5.73 Å². The summed E-state index contributed by atoms with van der Waals surface area (Å²) in [5.41, 5.74) is 7.25. The molecule has 0 radical (unpaired) electrons. The molecule has 0 bridgehead atoms. The van der Waals surface area contributed by atoms with Gasteiger partial charge in [0.05, 0.1) is 5.56 Å². The number of rotatable bonds is 3. The van der Waals surface area contributed by atoms with Gasteiger partial charge in [-0.05, 0) is 42.0 Å². The van der Waals surface area contributed by atoms with Crippen molar-refractivity contribution in [1.82, 2.24) is 4.98 Å². The number of benzene rings is 2. The maximum atomic E-state index is 9.71. The van der Waals surface area contributed by atoms with E-state index >= 15 is 0 Å². The molecular formula is C19H12N4O2S. The SMILES string of the molecule is N#Cc1c(N)nc(Sc2ccc(O)cc2)c(C#N)c1-c1ccc(O)cc1. The first-order valence-corrected chi connectivity index (χ1v) is 8.25. The summed E-state index contributed by atoms with van der Waals surface area (Å²) in [6.45, 7) is 0. The van der Waals surface area contributed by atoms with Crippen LogP contribution in [0.15, 0.2) is 58.5 Å². The van der Waals surface area contributed by atoms with E-state index in [1.807, 2.05) is 6.07 Å². The zero-order valence-electron chi connectivity index (χ0n) is 13.3. The highest BCUT2D eigenvalue weighted by atomic mass is 32.2. The summed E-state index contributed by atoms with van der Waals surface area (Å²) in [5, 5.41) is 38.4. The van der Waals surface area contributed by atoms with Crippen LogP contribution in [0.3, 0.4) is 0 Å². The number of nitriles is 2. The molecule has 1 aromatic heterocycles. The fraction of sp³-hybridized carbons (Fsp3) is 0. The van der Waals surface area contributed by atoms with Gasteiger partial charge in [-0.25, -0.2) is 4.98 Å². The number of aromatic hydroxyl groups is 2. The van der Waals surface area contributed by atoms with Crippen molar-refractivity contribution in [1.29, 1.82) is 10.5 Å². The van der Waals surface area contributed by atoms with E-state index < -0.39 is 0 Å². The van der Waals surface area contributed by atoms with Crippen LogP contribution in [0.2, 0.25) is 0 Å². The number of anilines is 1. The molecule has 0 unspecified atom stereocenters. The van der Waals surface area contributed by atoms with Crippen LogP contribution in [-0.4, -0.2) is 15.2 Å². The Morgan fingerprint density at radius 2 is 1.38 bits per heavy atom. The number of hydrogen-bond donors (Lipinski definition) is 3. The fourth-order valence-electron chi connectivity index (χ4n) is 2.41. The molecule has 0 atom stereocenters. The Hall–Kier alpha value is -3.68. The van der Waals surface area contributed by atoms with Crippen LogP contribution in [0.5, 0.6) is 11.5 Å². The molecule has 3 aromatic rings. The van der Waals surface area contributed by atoms with Crippen molar-refractivity contribution in [3.63, 3.8) is 0 Å². The summed E-state index contributed by atoms with van der Waals surface area (Å²) < 4.78 is 0. The average Bonchev–Trinajstić information content (AvgIpc) is 2.64. The molecule has 0 fully saturated rings. The first kappa shape index (κ1) is 17.2. The van der Waals surface area contributed by atoms with Gasteiger partial charge in [0.2, 0.25) is 0 Å². The summed E-state index contributed by atoms with van der Waals surface area (Å²) in [5.74, 6) is 0.231. The van der Waals surface area contributed by atoms with E-state index in [9.17, 15) is 20.7 Å². The third-order valence-electron chi connectivity index (χ3n) is 3.62. The summed E-state index contributed by atoms with van der Waals surface area (Å²) in [6, 6.07) is 16.7. The minimum absolute atomic E-state index is 0.0239. The van der Waals surface area contributed by atoms with Crippen molar-refractivity contribution in [2.24, 2.45) is 0 Å². The Morgan fingerprint density at radius 1 is 0.846 bits per heavy atom. The molecule has 3 rings (SSSR count). The molecule has 4 N–H and O–H groups in total. The average molecular weight is 360 g/mol. The van der Waals surface area contributed by atoms with Crippen LogP contribution < -0.4 is 5.73 Å². The summed E-state index contributed by atoms with van der Waals surface area (Å²) in [7, 11) is 0. The van der Waals surface area contributed by atoms with Crippen LogP contribution in [0.25, 0.3) is 11.1 Å². The van der Waals surface area contributed by atoms with Gasteiger partial charge in [-0.1, -0.05) is 23.9 Å². The van der Waals surface area contributed by atoms with Crippen LogP contribution in [0, 0.1) is 22.7 Å². The second kappa shape index (κ2) is 7.06. The van der Waals surface area contributed by atoms with Gasteiger partial charge < -0.3 is 15.9 Å². The van der Waals surface area contributed by atoms with Crippen LogP contribution in [-0.2, 0) is 0 Å². The van der Waals surface area contributed by atoms with E-state index in [1.54, 1.807) is 24.3 Å². The van der Waals surface area contributed by atoms with Gasteiger partial charge in [-0.2, -0.15) is 10.5 Å². The third kappa shape index (κ3) is 3.25. The quantitative estimate of drug-likeness (QED) is 0.650. The predicted octanol–water partition coefficient (Wildman–Crippen LogP) is 3.64. The van der Waals surface area contributed by atoms with Gasteiger partial charge >= 0.3 is 0 Å². The molecular weight excluding hydrogens is 348 g/mol. The van der Waals surface area contributed by atoms with Gasteiger partial charge in [-0.15, -0.1) is 0 Å². The predicted molar refractivity (Wildman–Crippen MR) is 97.4 cm³/mol. The van der Waals surface area contributed by atoms with Crippen LogP contribution in [0.1, 0.15) is 11.1 Å². The fourth-order valence-corrected chi connectivity index (χ4v) is 3.30. The van der Waals surface area contributed by atoms with Crippen molar-refractivity contribution >= 4 is 17.6 Å². The number of aromatic nitrogens is 1. The molecule has 1 heterocycles. The molecule has 0 aliphatic carbocycles. The first-order valence-electron chi connectivity index (χ1n) is 7.43. The molecule has 0 spiro atoms. The van der Waals surface area contributed by atoms with E-state index in [1.165, 1.54) is 36.0 Å². The minimum Gasteiger partial charge on any atom is -0.508 e. The van der Waals surface area contributed by atoms with Crippen molar-refractivity contribution in [2.45, 2.75) is 9.92 Å². The third-order valence-corrected chi connectivity index (χ3v) is 4.62. The van der Waals surface area contributed by atoms with Crippen molar-refractivity contribution in [2.75, 3.05) is 5.73 Å². The maximum Gasteiger partial charge on any atom is 0.143 e. The molecule has 0 aliphatic rings. The van der Waals surface area contributed by atoms with E-state index in [0.717, 1.165) is 4.90 Å². The molecule has 2 aromatic carbocycles. The molecule has 7 heteroatoms. The van der Waals surface area contributed by atoms with Crippen molar-refractivity contribution < 1.29 is 10.2 Å². The lowest BCUT2D eigenvalue weighted by molar-refractivity contribution is 0.474. The standard InChI is InChI=1S/C19H12N4O2S/c20-9-15-17(11-1-3-12(24)4-2-11)16(10-21)19(23-18(15)22)26-14-7-5-13(25)6-8-14/h1-8,24-25H,(H2,22,23). The lowest BCUT2D eigenvalue weighted by Crippen LogP contribution is -2.03. The second-order valence-corrected chi connectivity index (χ2v) is 6.36. The van der Waals surface area contributed by atoms with E-state index in [0.29, 0.717) is 16.2 Å². The summed E-state index contributed by atoms with van der Waals surface area (Å²) >= 11 is 1.21. The van der Waals surface area contributed by atoms with Gasteiger partial charge in [0.1, 0.15) is 40.0 Å². The topological polar surface area (TPSA) is 127 Å². The highest BCUT2D eigenvalue weighted by Crippen LogP contribution is 2.38.